The van der Waals surface area contributed by atoms with E-state index < -0.39 is 50.9 Å². The van der Waals surface area contributed by atoms with E-state index in [4.69, 9.17) is 34.0 Å². The highest BCUT2D eigenvalue weighted by molar-refractivity contribution is 6.83. The lowest BCUT2D eigenvalue weighted by molar-refractivity contribution is -0.385. The average Bonchev–Trinajstić information content (AvgIpc) is 1.64. The van der Waals surface area contributed by atoms with Crippen molar-refractivity contribution >= 4 is 109 Å². The molecule has 4 saturated heterocycles. The molecule has 122 heavy (non-hydrogen) atoms. The zero-order chi connectivity index (χ0) is 87.4. The number of non-ortho nitro benzene ring substituents is 2. The molecule has 634 valence electrons. The van der Waals surface area contributed by atoms with Gasteiger partial charge in [0, 0.05) is 207 Å². The minimum atomic E-state index is -0.964. The maximum absolute atomic E-state index is 13.2. The molecule has 0 radical (unpaired) electrons. The maximum Gasteiger partial charge on any atom is 0.298 e. The van der Waals surface area contributed by atoms with Crippen LogP contribution in [0.4, 0.5) is 80.9 Å². The van der Waals surface area contributed by atoms with Crippen LogP contribution in [0.3, 0.4) is 0 Å². The first-order valence-electron chi connectivity index (χ1n) is 38.3. The van der Waals surface area contributed by atoms with E-state index in [1.165, 1.54) is 42.6 Å². The lowest BCUT2D eigenvalue weighted by atomic mass is 10.0. The van der Waals surface area contributed by atoms with Gasteiger partial charge in [-0.25, -0.2) is 57.4 Å². The number of nitro benzene ring substituents is 2. The monoisotopic (exact) mass is 1710 g/mol. The minimum absolute atomic E-state index is 0.0615. The van der Waals surface area contributed by atoms with Crippen molar-refractivity contribution in [3.8, 4) is 22.3 Å². The van der Waals surface area contributed by atoms with Crippen LogP contribution in [-0.2, 0) is 23.7 Å². The first-order chi connectivity index (χ1) is 58.8. The van der Waals surface area contributed by atoms with Gasteiger partial charge >= 0.3 is 0 Å². The molecule has 10 heterocycles. The predicted octanol–water partition coefficient (Wildman–Crippen LogP) is 12.3. The highest BCUT2D eigenvalue weighted by Crippen LogP contribution is 2.31. The van der Waals surface area contributed by atoms with Crippen LogP contribution < -0.4 is 50.7 Å². The number of nitrogen functional groups attached to an aromatic ring is 1. The number of halogens is 6. The fraction of sp³-hybridized carbons (Fsp3) is 0.247. The standard InChI is InChI=1S/C28H27FN6O2.C14H12ClNO2.C14H14FN5O2.C14H16FN5.C10H13N3O2.C4H2ClFN2.CH4O/c1-19-16-24(20-6-4-3-5-7-20)25(33(19)2)26(36)27(37)32-22-8-10-23(11-9-22)34-12-14-35(15-13-34)28-30-17-21(29)18-31-28;1-9-8-11(10-6-4-3-5-7-10)12(16(9)2)13(17)14(15)18;15-11-9-16-14(17-10-11)19-7-5-18(6-8-19)12-1-3-13(4-2-12)20(21)22;15-11-9-17-14(18-10-11)20-7-5-19(6-8-20)13-3-1-12(16)2-4-13;14-13(15)10-3-1-9(2-4-10)12-7-5-11-6-8-12;5-4-7-1-3(6)2-8-4;1-2/h3-11,16-18H,12-15H2,1-2H3,(H,32,37);3-8H,1-2H3;1-4,9-10H,5-8H2;1-4,9-10H,5-8,16H2;1-4,11H,5-8H2;1-2H;2H,1H3. The van der Waals surface area contributed by atoms with Gasteiger partial charge in [0.15, 0.2) is 23.3 Å². The Labute approximate surface area is 710 Å². The van der Waals surface area contributed by atoms with E-state index in [1.807, 2.05) is 145 Å². The van der Waals surface area contributed by atoms with Crippen LogP contribution >= 0.6 is 23.2 Å². The van der Waals surface area contributed by atoms with Crippen LogP contribution in [0.1, 0.15) is 32.4 Å². The molecule has 0 atom stereocenters. The molecule has 0 bridgehead atoms. The molecular formula is C85H88Cl2F4N22O9. The number of carbonyl (C=O) groups excluding carboxylic acids is 4. The van der Waals surface area contributed by atoms with Crippen LogP contribution in [-0.4, -0.2) is 199 Å². The first-order valence-corrected chi connectivity index (χ1v) is 39.0. The number of carbonyl (C=O) groups is 4. The fourth-order valence-corrected chi connectivity index (χ4v) is 13.4. The summed E-state index contributed by atoms with van der Waals surface area (Å²) in [7, 11) is 4.54. The Bertz CT molecular complexity index is 5330. The molecule has 0 saturated carbocycles. The molecule has 4 aliphatic rings. The fourth-order valence-electron chi connectivity index (χ4n) is 13.2. The summed E-state index contributed by atoms with van der Waals surface area (Å²) in [5.74, 6) is -2.10. The quantitative estimate of drug-likeness (QED) is 0.0102. The highest BCUT2D eigenvalue weighted by atomic mass is 35.5. The SMILES string of the molecule is CO.Cc1cc(-c2ccccc2)c(C(=O)C(=O)Cl)n1C.Cc1cc(-c2ccccc2)c(C(=O)C(=O)Nc2ccc(N3CCN(c4ncc(F)cn4)CC3)cc2)n1C.Fc1cnc(Cl)nc1.Nc1ccc(N2CCN(c3ncc(F)cn3)CC2)cc1.O=[N+]([O-])c1ccc(N2CCN(c3ncc(F)cn3)CC2)cc1.O=[N+]([O-])c1ccc(N2CCNCC2)cc1. The summed E-state index contributed by atoms with van der Waals surface area (Å²) in [4.78, 5) is 115. The van der Waals surface area contributed by atoms with Gasteiger partial charge in [0.2, 0.25) is 23.1 Å². The molecule has 5 N–H and O–H groups in total. The molecule has 6 aromatic carbocycles. The summed E-state index contributed by atoms with van der Waals surface area (Å²) in [5.41, 5.74) is 17.2. The van der Waals surface area contributed by atoms with Crippen LogP contribution in [0, 0.1) is 57.3 Å². The van der Waals surface area contributed by atoms with Gasteiger partial charge in [0.25, 0.3) is 34.1 Å². The molecule has 0 spiro atoms. The summed E-state index contributed by atoms with van der Waals surface area (Å²) >= 11 is 10.5. The van der Waals surface area contributed by atoms with Crippen molar-refractivity contribution in [3.05, 3.63) is 291 Å². The second kappa shape index (κ2) is 44.2. The van der Waals surface area contributed by atoms with Crippen LogP contribution in [0.15, 0.2) is 219 Å². The second-order valence-corrected chi connectivity index (χ2v) is 28.1. The third kappa shape index (κ3) is 25.1. The maximum atomic E-state index is 13.2. The third-order valence-electron chi connectivity index (χ3n) is 19.7. The molecule has 0 unspecified atom stereocenters. The van der Waals surface area contributed by atoms with Crippen molar-refractivity contribution in [1.82, 2.24) is 54.3 Å². The summed E-state index contributed by atoms with van der Waals surface area (Å²) in [6, 6.07) is 51.4. The second-order valence-electron chi connectivity index (χ2n) is 27.5. The number of rotatable bonds is 16. The number of nitro groups is 2. The molecule has 6 aromatic heterocycles. The molecule has 37 heteroatoms. The Morgan fingerprint density at radius 3 is 1.02 bits per heavy atom. The van der Waals surface area contributed by atoms with Gasteiger partial charge in [-0.3, -0.25) is 39.4 Å². The van der Waals surface area contributed by atoms with Crippen molar-refractivity contribution < 1.29 is 51.7 Å². The molecule has 0 aliphatic carbocycles. The van der Waals surface area contributed by atoms with E-state index in [-0.39, 0.29) is 21.6 Å². The van der Waals surface area contributed by atoms with E-state index in [0.717, 1.165) is 167 Å². The number of hydrogen-bond donors (Lipinski definition) is 4. The van der Waals surface area contributed by atoms with Crippen LogP contribution in [0.5, 0.6) is 0 Å². The Kier molecular flexibility index (Phi) is 32.8. The van der Waals surface area contributed by atoms with E-state index >= 15 is 0 Å². The number of aliphatic hydroxyl groups is 1. The summed E-state index contributed by atoms with van der Waals surface area (Å²) in [6.07, 6.45) is 9.09. The van der Waals surface area contributed by atoms with E-state index in [0.29, 0.717) is 61.1 Å². The molecule has 12 aromatic rings. The number of hydrogen-bond acceptors (Lipinski definition) is 26. The van der Waals surface area contributed by atoms with Gasteiger partial charge < -0.3 is 64.9 Å². The Balaban J connectivity index is 0.000000161. The number of nitrogens with one attached hydrogen (secondary N) is 2. The largest absolute Gasteiger partial charge is 0.400 e. The number of anilines is 9. The number of benzene rings is 6. The molecule has 31 nitrogen and oxygen atoms in total. The van der Waals surface area contributed by atoms with Crippen LogP contribution in [0.25, 0.3) is 22.3 Å². The highest BCUT2D eigenvalue weighted by Gasteiger charge is 2.28. The Hall–Kier alpha value is -13.9. The Morgan fingerprint density at radius 2 is 0.713 bits per heavy atom. The number of aromatic nitrogens is 10. The van der Waals surface area contributed by atoms with Crippen molar-refractivity contribution in [3.63, 3.8) is 0 Å². The number of nitrogens with zero attached hydrogens (tertiary/aromatic N) is 19. The Morgan fingerprint density at radius 1 is 0.426 bits per heavy atom. The number of Topliss-reactive ketones (excluding diaryl/α,β-unsaturated/α-hetero) is 2. The van der Waals surface area contributed by atoms with Gasteiger partial charge in [0.1, 0.15) is 11.4 Å². The number of ketones is 2. The molecular weight excluding hydrogens is 1620 g/mol. The summed E-state index contributed by atoms with van der Waals surface area (Å²) < 4.78 is 54.1. The van der Waals surface area contributed by atoms with Crippen molar-refractivity contribution in [2.75, 3.05) is 157 Å². The lowest BCUT2D eigenvalue weighted by Crippen LogP contribution is -2.47. The smallest absolute Gasteiger partial charge is 0.298 e. The summed E-state index contributed by atoms with van der Waals surface area (Å²) in [5, 5.41) is 33.2. The zero-order valence-electron chi connectivity index (χ0n) is 67.2. The van der Waals surface area contributed by atoms with E-state index in [9.17, 15) is 57.0 Å². The summed E-state index contributed by atoms with van der Waals surface area (Å²) in [6.45, 7) is 16.9. The normalized spacial score (nSPS) is 13.5. The van der Waals surface area contributed by atoms with Gasteiger partial charge in [-0.2, -0.15) is 0 Å². The number of piperazine rings is 4. The van der Waals surface area contributed by atoms with Crippen molar-refractivity contribution in [1.29, 1.82) is 0 Å². The molecule has 1 amide bonds. The van der Waals surface area contributed by atoms with Crippen LogP contribution in [0.2, 0.25) is 5.28 Å². The lowest BCUT2D eigenvalue weighted by Gasteiger charge is -2.36. The van der Waals surface area contributed by atoms with Crippen molar-refractivity contribution in [2.45, 2.75) is 13.8 Å². The van der Waals surface area contributed by atoms with Gasteiger partial charge in [-0.15, -0.1) is 0 Å². The number of aryl methyl sites for hydroxylation is 2. The number of nitrogens with two attached hydrogens (primary N) is 1. The predicted molar refractivity (Wildman–Crippen MR) is 462 cm³/mol. The van der Waals surface area contributed by atoms with E-state index in [1.54, 1.807) is 59.6 Å². The molecule has 4 aliphatic heterocycles. The zero-order valence-corrected chi connectivity index (χ0v) is 68.7. The molecule has 4 fully saturated rings. The first kappa shape index (κ1) is 90.4. The topological polar surface area (TPSA) is 361 Å². The third-order valence-corrected chi connectivity index (χ3v) is 20.1. The minimum Gasteiger partial charge on any atom is -0.400 e. The van der Waals surface area contributed by atoms with Gasteiger partial charge in [0.05, 0.1) is 59.4 Å². The van der Waals surface area contributed by atoms with Gasteiger partial charge in [-0.1, -0.05) is 60.7 Å². The number of amides is 1. The average molecular weight is 1710 g/mol. The van der Waals surface area contributed by atoms with Crippen molar-refractivity contribution in [2.24, 2.45) is 14.1 Å². The van der Waals surface area contributed by atoms with E-state index in [2.05, 4.69) is 75.0 Å². The number of aliphatic hydroxyl groups excluding tert-OH is 1. The molecule has 16 rings (SSSR count). The van der Waals surface area contributed by atoms with Gasteiger partial charge in [-0.05, 0) is 133 Å².